The molecule has 3 rings (SSSR count). The van der Waals surface area contributed by atoms with Crippen molar-refractivity contribution in [2.75, 3.05) is 19.4 Å². The Bertz CT molecular complexity index is 1000. The van der Waals surface area contributed by atoms with Crippen LogP contribution in [0.25, 0.3) is 0 Å². The van der Waals surface area contributed by atoms with Crippen molar-refractivity contribution < 1.29 is 18.8 Å². The topological polar surface area (TPSA) is 69.7 Å². The third-order valence-corrected chi connectivity index (χ3v) is 5.58. The summed E-state index contributed by atoms with van der Waals surface area (Å²) < 4.78 is 14.4. The normalized spacial score (nSPS) is 15.3. The highest BCUT2D eigenvalue weighted by molar-refractivity contribution is 6.33. The highest BCUT2D eigenvalue weighted by Gasteiger charge is 2.37. The Morgan fingerprint density at radius 1 is 1.19 bits per heavy atom. The minimum absolute atomic E-state index is 0.00701. The predicted octanol–water partition coefficient (Wildman–Crippen LogP) is 3.87. The zero-order chi connectivity index (χ0) is 22.7. The van der Waals surface area contributed by atoms with Gasteiger partial charge < -0.3 is 15.1 Å². The van der Waals surface area contributed by atoms with Crippen LogP contribution in [0, 0.1) is 5.82 Å². The minimum atomic E-state index is -0.786. The fourth-order valence-corrected chi connectivity index (χ4v) is 3.93. The Morgan fingerprint density at radius 2 is 1.94 bits per heavy atom. The van der Waals surface area contributed by atoms with Crippen LogP contribution >= 0.6 is 11.6 Å². The maximum atomic E-state index is 14.4. The Hall–Kier alpha value is -2.93. The van der Waals surface area contributed by atoms with Gasteiger partial charge in [0, 0.05) is 39.2 Å². The minimum Gasteiger partial charge on any atom is -0.347 e. The van der Waals surface area contributed by atoms with Gasteiger partial charge in [-0.15, -0.1) is 0 Å². The lowest BCUT2D eigenvalue weighted by atomic mass is 9.92. The fraction of sp³-hybridized carbons (Fsp3) is 0.348. The molecule has 1 N–H and O–H groups in total. The Morgan fingerprint density at radius 3 is 2.58 bits per heavy atom. The van der Waals surface area contributed by atoms with Crippen molar-refractivity contribution in [2.24, 2.45) is 0 Å². The molecule has 0 fully saturated rings. The molecule has 2 aromatic carbocycles. The predicted molar refractivity (Wildman–Crippen MR) is 117 cm³/mol. The number of rotatable bonds is 5. The number of carbonyl (C=O) groups excluding carboxylic acids is 3. The lowest BCUT2D eigenvalue weighted by Gasteiger charge is -2.37. The molecule has 8 heteroatoms. The van der Waals surface area contributed by atoms with Gasteiger partial charge in [-0.2, -0.15) is 0 Å². The number of hydrogen-bond donors (Lipinski definition) is 1. The van der Waals surface area contributed by atoms with E-state index in [2.05, 4.69) is 5.32 Å². The van der Waals surface area contributed by atoms with Crippen LogP contribution in [-0.2, 0) is 22.6 Å². The van der Waals surface area contributed by atoms with Crippen LogP contribution in [0.3, 0.4) is 0 Å². The first-order valence-electron chi connectivity index (χ1n) is 10.1. The van der Waals surface area contributed by atoms with Gasteiger partial charge >= 0.3 is 0 Å². The summed E-state index contributed by atoms with van der Waals surface area (Å²) in [5, 5.41) is 2.83. The van der Waals surface area contributed by atoms with Crippen LogP contribution in [0.1, 0.15) is 41.3 Å². The van der Waals surface area contributed by atoms with Gasteiger partial charge in [-0.1, -0.05) is 30.7 Å². The molecule has 0 saturated carbocycles. The molecule has 0 spiro atoms. The van der Waals surface area contributed by atoms with E-state index >= 15 is 0 Å². The van der Waals surface area contributed by atoms with Crippen LogP contribution in [-0.4, -0.2) is 47.7 Å². The molecular weight excluding hydrogens is 421 g/mol. The van der Waals surface area contributed by atoms with Gasteiger partial charge in [0.1, 0.15) is 11.9 Å². The molecule has 0 bridgehead atoms. The second-order valence-electron chi connectivity index (χ2n) is 7.76. The standard InChI is InChI=1S/C23H25ClFN3O3/c1-4-6-20(29)26-16-10-9-14-12-19(22(30)27(2)3)28(13-15(14)11-16)23(31)21-17(24)7-5-8-18(21)25/h5,7-11,19H,4,6,12-13H2,1-3H3,(H,26,29)/t19-/m0/s1. The molecule has 1 aliphatic heterocycles. The summed E-state index contributed by atoms with van der Waals surface area (Å²) in [5.74, 6) is -1.73. The van der Waals surface area contributed by atoms with E-state index in [4.69, 9.17) is 11.6 Å². The summed E-state index contributed by atoms with van der Waals surface area (Å²) >= 11 is 6.12. The first-order valence-corrected chi connectivity index (χ1v) is 10.5. The van der Waals surface area contributed by atoms with Gasteiger partial charge in [0.15, 0.2) is 0 Å². The summed E-state index contributed by atoms with van der Waals surface area (Å²) in [6.45, 7) is 2.02. The third-order valence-electron chi connectivity index (χ3n) is 5.26. The lowest BCUT2D eigenvalue weighted by Crippen LogP contribution is -2.52. The second-order valence-corrected chi connectivity index (χ2v) is 8.17. The van der Waals surface area contributed by atoms with Crippen molar-refractivity contribution in [3.8, 4) is 0 Å². The summed E-state index contributed by atoms with van der Waals surface area (Å²) in [5.41, 5.74) is 2.05. The summed E-state index contributed by atoms with van der Waals surface area (Å²) in [6, 6.07) is 8.68. The van der Waals surface area contributed by atoms with E-state index in [9.17, 15) is 18.8 Å². The van der Waals surface area contributed by atoms with Gasteiger partial charge in [0.05, 0.1) is 10.6 Å². The largest absolute Gasteiger partial charge is 0.347 e. The molecule has 164 valence electrons. The van der Waals surface area contributed by atoms with Gasteiger partial charge in [0.2, 0.25) is 11.8 Å². The van der Waals surface area contributed by atoms with Crippen LogP contribution in [0.4, 0.5) is 10.1 Å². The van der Waals surface area contributed by atoms with Crippen LogP contribution in [0.2, 0.25) is 5.02 Å². The first-order chi connectivity index (χ1) is 14.7. The maximum Gasteiger partial charge on any atom is 0.259 e. The number of halogens is 2. The molecule has 6 nitrogen and oxygen atoms in total. The number of carbonyl (C=O) groups is 3. The van der Waals surface area contributed by atoms with Crippen LogP contribution < -0.4 is 5.32 Å². The first kappa shape index (κ1) is 22.7. The number of benzene rings is 2. The van der Waals surface area contributed by atoms with Gasteiger partial charge in [-0.25, -0.2) is 4.39 Å². The van der Waals surface area contributed by atoms with Crippen LogP contribution in [0.15, 0.2) is 36.4 Å². The highest BCUT2D eigenvalue weighted by atomic mass is 35.5. The highest BCUT2D eigenvalue weighted by Crippen LogP contribution is 2.30. The average Bonchev–Trinajstić information content (AvgIpc) is 2.72. The SMILES string of the molecule is CCCC(=O)Nc1ccc2c(c1)CN(C(=O)c1c(F)cccc1Cl)[C@H](C(=O)N(C)C)C2. The van der Waals surface area contributed by atoms with E-state index in [1.165, 1.54) is 28.0 Å². The zero-order valence-electron chi connectivity index (χ0n) is 17.7. The Labute approximate surface area is 186 Å². The van der Waals surface area contributed by atoms with Gasteiger partial charge in [0.25, 0.3) is 5.91 Å². The number of fused-ring (bicyclic) bond motifs is 1. The molecule has 1 heterocycles. The Kier molecular flexibility index (Phi) is 6.95. The van der Waals surface area contributed by atoms with Crippen molar-refractivity contribution in [3.05, 3.63) is 63.9 Å². The zero-order valence-corrected chi connectivity index (χ0v) is 18.5. The molecule has 31 heavy (non-hydrogen) atoms. The number of likely N-dealkylation sites (N-methyl/N-ethyl adjacent to an activating group) is 1. The summed E-state index contributed by atoms with van der Waals surface area (Å²) in [6.07, 6.45) is 1.43. The maximum absolute atomic E-state index is 14.4. The van der Waals surface area contributed by atoms with E-state index in [1.807, 2.05) is 13.0 Å². The molecule has 0 saturated heterocycles. The molecule has 0 aliphatic carbocycles. The van der Waals surface area contributed by atoms with E-state index in [1.54, 1.807) is 26.2 Å². The number of anilines is 1. The summed E-state index contributed by atoms with van der Waals surface area (Å²) in [4.78, 5) is 40.9. The monoisotopic (exact) mass is 445 g/mol. The van der Waals surface area contributed by atoms with E-state index in [-0.39, 0.29) is 35.4 Å². The Balaban J connectivity index is 1.98. The number of amides is 3. The van der Waals surface area contributed by atoms with E-state index < -0.39 is 17.8 Å². The van der Waals surface area contributed by atoms with E-state index in [0.29, 0.717) is 12.1 Å². The molecule has 0 radical (unpaired) electrons. The van der Waals surface area contributed by atoms with Crippen molar-refractivity contribution in [1.82, 2.24) is 9.80 Å². The average molecular weight is 446 g/mol. The smallest absolute Gasteiger partial charge is 0.259 e. The second kappa shape index (κ2) is 9.47. The van der Waals surface area contributed by atoms with Crippen molar-refractivity contribution in [3.63, 3.8) is 0 Å². The number of nitrogens with one attached hydrogen (secondary N) is 1. The fourth-order valence-electron chi connectivity index (χ4n) is 3.69. The molecule has 3 amide bonds. The van der Waals surface area contributed by atoms with Gasteiger partial charge in [-0.3, -0.25) is 14.4 Å². The van der Waals surface area contributed by atoms with E-state index in [0.717, 1.165) is 17.5 Å². The van der Waals surface area contributed by atoms with Crippen molar-refractivity contribution in [2.45, 2.75) is 38.8 Å². The van der Waals surface area contributed by atoms with Crippen molar-refractivity contribution >= 4 is 35.0 Å². The molecule has 1 atom stereocenters. The number of nitrogens with zero attached hydrogens (tertiary/aromatic N) is 2. The van der Waals surface area contributed by atoms with Crippen molar-refractivity contribution in [1.29, 1.82) is 0 Å². The van der Waals surface area contributed by atoms with Gasteiger partial charge in [-0.05, 0) is 41.8 Å². The summed E-state index contributed by atoms with van der Waals surface area (Å²) in [7, 11) is 3.23. The molecule has 0 unspecified atom stereocenters. The molecule has 1 aliphatic rings. The number of hydrogen-bond acceptors (Lipinski definition) is 3. The van der Waals surface area contributed by atoms with Crippen LogP contribution in [0.5, 0.6) is 0 Å². The molecular formula is C23H25ClFN3O3. The molecule has 2 aromatic rings. The quantitative estimate of drug-likeness (QED) is 0.759. The third kappa shape index (κ3) is 4.88. The molecule has 0 aromatic heterocycles. The lowest BCUT2D eigenvalue weighted by molar-refractivity contribution is -0.134.